The van der Waals surface area contributed by atoms with E-state index in [1.165, 1.54) is 12.1 Å². The van der Waals surface area contributed by atoms with Crippen molar-refractivity contribution in [2.24, 2.45) is 5.73 Å². The zero-order chi connectivity index (χ0) is 12.1. The lowest BCUT2D eigenvalue weighted by Gasteiger charge is -2.08. The second-order valence-electron chi connectivity index (χ2n) is 4.01. The molecule has 17 heavy (non-hydrogen) atoms. The number of amides is 1. The van der Waals surface area contributed by atoms with E-state index >= 15 is 0 Å². The Morgan fingerprint density at radius 1 is 1.53 bits per heavy atom. The standard InChI is InChI=1S/C12H17FN2O.ClH/c1-8-3-4-10(11(13)7-8)12(16)15-6-5-9(2)14;/h3-4,7,9H,5-6,14H2,1-2H3,(H,15,16);1H. The van der Waals surface area contributed by atoms with Gasteiger partial charge in [0.25, 0.3) is 5.91 Å². The minimum Gasteiger partial charge on any atom is -0.352 e. The molecule has 0 spiro atoms. The Balaban J connectivity index is 0.00000256. The molecule has 5 heteroatoms. The van der Waals surface area contributed by atoms with Crippen molar-refractivity contribution in [1.29, 1.82) is 0 Å². The molecule has 1 unspecified atom stereocenters. The molecule has 0 aromatic heterocycles. The highest BCUT2D eigenvalue weighted by molar-refractivity contribution is 5.94. The maximum Gasteiger partial charge on any atom is 0.254 e. The molecule has 0 bridgehead atoms. The van der Waals surface area contributed by atoms with Crippen LogP contribution in [-0.4, -0.2) is 18.5 Å². The minimum atomic E-state index is -0.488. The highest BCUT2D eigenvalue weighted by Crippen LogP contribution is 2.09. The first-order valence-corrected chi connectivity index (χ1v) is 5.30. The van der Waals surface area contributed by atoms with Crippen molar-refractivity contribution < 1.29 is 9.18 Å². The molecule has 1 aromatic rings. The van der Waals surface area contributed by atoms with Crippen molar-refractivity contribution in [1.82, 2.24) is 5.32 Å². The Morgan fingerprint density at radius 3 is 2.71 bits per heavy atom. The molecule has 1 amide bonds. The van der Waals surface area contributed by atoms with Gasteiger partial charge in [-0.05, 0) is 38.0 Å². The summed E-state index contributed by atoms with van der Waals surface area (Å²) in [5.41, 5.74) is 6.42. The highest BCUT2D eigenvalue weighted by Gasteiger charge is 2.10. The van der Waals surface area contributed by atoms with Gasteiger partial charge in [-0.25, -0.2) is 4.39 Å². The number of benzene rings is 1. The summed E-state index contributed by atoms with van der Waals surface area (Å²) >= 11 is 0. The van der Waals surface area contributed by atoms with Crippen LogP contribution < -0.4 is 11.1 Å². The lowest BCUT2D eigenvalue weighted by atomic mass is 10.1. The molecular formula is C12H18ClFN2O. The number of halogens is 2. The van der Waals surface area contributed by atoms with Crippen molar-refractivity contribution >= 4 is 18.3 Å². The SMILES string of the molecule is Cc1ccc(C(=O)NCCC(C)N)c(F)c1.Cl. The zero-order valence-electron chi connectivity index (χ0n) is 10.00. The van der Waals surface area contributed by atoms with Gasteiger partial charge in [0.2, 0.25) is 0 Å². The van der Waals surface area contributed by atoms with E-state index in [9.17, 15) is 9.18 Å². The fourth-order valence-electron chi connectivity index (χ4n) is 1.31. The maximum atomic E-state index is 13.4. The van der Waals surface area contributed by atoms with Crippen molar-refractivity contribution in [3.8, 4) is 0 Å². The van der Waals surface area contributed by atoms with Crippen molar-refractivity contribution in [2.45, 2.75) is 26.3 Å². The molecule has 1 aromatic carbocycles. The van der Waals surface area contributed by atoms with Crippen LogP contribution in [0.5, 0.6) is 0 Å². The minimum absolute atomic E-state index is 0. The topological polar surface area (TPSA) is 55.1 Å². The van der Waals surface area contributed by atoms with E-state index in [1.54, 1.807) is 13.0 Å². The molecule has 1 atom stereocenters. The van der Waals surface area contributed by atoms with Crippen molar-refractivity contribution in [3.05, 3.63) is 35.1 Å². The van der Waals surface area contributed by atoms with Crippen LogP contribution in [0, 0.1) is 12.7 Å². The quantitative estimate of drug-likeness (QED) is 0.870. The van der Waals surface area contributed by atoms with E-state index in [1.807, 2.05) is 6.92 Å². The van der Waals surface area contributed by atoms with Crippen molar-refractivity contribution in [2.75, 3.05) is 6.54 Å². The molecule has 3 N–H and O–H groups in total. The number of carbonyl (C=O) groups excluding carboxylic acids is 1. The van der Waals surface area contributed by atoms with Crippen LogP contribution in [-0.2, 0) is 0 Å². The van der Waals surface area contributed by atoms with Crippen LogP contribution in [0.3, 0.4) is 0 Å². The monoisotopic (exact) mass is 260 g/mol. The Bertz CT molecular complexity index is 383. The van der Waals surface area contributed by atoms with Gasteiger partial charge in [-0.15, -0.1) is 12.4 Å². The van der Waals surface area contributed by atoms with E-state index < -0.39 is 11.7 Å². The summed E-state index contributed by atoms with van der Waals surface area (Å²) < 4.78 is 13.4. The van der Waals surface area contributed by atoms with E-state index in [4.69, 9.17) is 5.73 Å². The van der Waals surface area contributed by atoms with Crippen LogP contribution >= 0.6 is 12.4 Å². The molecular weight excluding hydrogens is 243 g/mol. The molecule has 0 saturated heterocycles. The summed E-state index contributed by atoms with van der Waals surface area (Å²) in [6.07, 6.45) is 0.680. The zero-order valence-corrected chi connectivity index (χ0v) is 10.8. The van der Waals surface area contributed by atoms with Crippen LogP contribution in [0.2, 0.25) is 0 Å². The van der Waals surface area contributed by atoms with Crippen LogP contribution in [0.4, 0.5) is 4.39 Å². The lowest BCUT2D eigenvalue weighted by Crippen LogP contribution is -2.29. The molecule has 0 radical (unpaired) electrons. The summed E-state index contributed by atoms with van der Waals surface area (Å²) in [4.78, 5) is 11.6. The predicted molar refractivity (Wildman–Crippen MR) is 69.0 cm³/mol. The highest BCUT2D eigenvalue weighted by atomic mass is 35.5. The Morgan fingerprint density at radius 2 is 2.18 bits per heavy atom. The summed E-state index contributed by atoms with van der Waals surface area (Å²) in [7, 11) is 0. The van der Waals surface area contributed by atoms with E-state index in [2.05, 4.69) is 5.32 Å². The van der Waals surface area contributed by atoms with E-state index in [0.717, 1.165) is 5.56 Å². The number of hydrogen-bond donors (Lipinski definition) is 2. The van der Waals surface area contributed by atoms with Gasteiger partial charge in [-0.2, -0.15) is 0 Å². The average molecular weight is 261 g/mol. The molecule has 96 valence electrons. The Hall–Kier alpha value is -1.13. The summed E-state index contributed by atoms with van der Waals surface area (Å²) in [6, 6.07) is 4.58. The largest absolute Gasteiger partial charge is 0.352 e. The van der Waals surface area contributed by atoms with Gasteiger partial charge in [0, 0.05) is 12.6 Å². The van der Waals surface area contributed by atoms with Gasteiger partial charge in [-0.1, -0.05) is 6.07 Å². The number of rotatable bonds is 4. The first kappa shape index (κ1) is 15.9. The van der Waals surface area contributed by atoms with Crippen molar-refractivity contribution in [3.63, 3.8) is 0 Å². The molecule has 0 aliphatic heterocycles. The smallest absolute Gasteiger partial charge is 0.254 e. The summed E-state index contributed by atoms with van der Waals surface area (Å²) in [5, 5.41) is 2.63. The first-order chi connectivity index (χ1) is 7.50. The normalized spacial score (nSPS) is 11.5. The number of aryl methyl sites for hydroxylation is 1. The lowest BCUT2D eigenvalue weighted by molar-refractivity contribution is 0.0949. The summed E-state index contributed by atoms with van der Waals surface area (Å²) in [6.45, 7) is 4.10. The number of nitrogens with two attached hydrogens (primary N) is 1. The Labute approximate surface area is 107 Å². The molecule has 1 rings (SSSR count). The summed E-state index contributed by atoms with van der Waals surface area (Å²) in [5.74, 6) is -0.878. The molecule has 0 saturated carbocycles. The van der Waals surface area contributed by atoms with Gasteiger partial charge in [0.15, 0.2) is 0 Å². The fraction of sp³-hybridized carbons (Fsp3) is 0.417. The van der Waals surface area contributed by atoms with Gasteiger partial charge in [-0.3, -0.25) is 4.79 Å². The number of hydrogen-bond acceptors (Lipinski definition) is 2. The molecule has 0 heterocycles. The number of carbonyl (C=O) groups is 1. The molecule has 0 aliphatic carbocycles. The predicted octanol–water partition coefficient (Wildman–Crippen LogP) is 2.02. The third-order valence-corrected chi connectivity index (χ3v) is 2.25. The number of nitrogens with one attached hydrogen (secondary N) is 1. The second kappa shape index (κ2) is 7.25. The average Bonchev–Trinajstić information content (AvgIpc) is 2.16. The van der Waals surface area contributed by atoms with Gasteiger partial charge in [0.1, 0.15) is 5.82 Å². The molecule has 3 nitrogen and oxygen atoms in total. The van der Waals surface area contributed by atoms with Gasteiger partial charge < -0.3 is 11.1 Å². The van der Waals surface area contributed by atoms with Crippen LogP contribution in [0.25, 0.3) is 0 Å². The second-order valence-corrected chi connectivity index (χ2v) is 4.01. The van der Waals surface area contributed by atoms with E-state index in [-0.39, 0.29) is 24.0 Å². The maximum absolute atomic E-state index is 13.4. The first-order valence-electron chi connectivity index (χ1n) is 5.30. The van der Waals surface area contributed by atoms with Gasteiger partial charge in [0.05, 0.1) is 5.56 Å². The van der Waals surface area contributed by atoms with E-state index in [0.29, 0.717) is 13.0 Å². The Kier molecular flexibility index (Phi) is 6.76. The van der Waals surface area contributed by atoms with Crippen LogP contribution in [0.15, 0.2) is 18.2 Å². The third kappa shape index (κ3) is 5.15. The molecule has 0 aliphatic rings. The van der Waals surface area contributed by atoms with Gasteiger partial charge >= 0.3 is 0 Å². The van der Waals surface area contributed by atoms with Crippen LogP contribution in [0.1, 0.15) is 29.3 Å². The fourth-order valence-corrected chi connectivity index (χ4v) is 1.31. The third-order valence-electron chi connectivity index (χ3n) is 2.25. The molecule has 0 fully saturated rings.